The number of nitrogens with one attached hydrogen (secondary N) is 1. The Morgan fingerprint density at radius 2 is 1.93 bits per heavy atom. The van der Waals surface area contributed by atoms with Crippen molar-refractivity contribution in [1.29, 1.82) is 0 Å². The van der Waals surface area contributed by atoms with E-state index in [1.807, 2.05) is 0 Å². The Kier molecular flexibility index (Phi) is 7.17. The summed E-state index contributed by atoms with van der Waals surface area (Å²) in [5, 5.41) is 13.0. The minimum Gasteiger partial charge on any atom is -0.478 e. The summed E-state index contributed by atoms with van der Waals surface area (Å²) in [6.45, 7) is 3.47. The summed E-state index contributed by atoms with van der Waals surface area (Å²) in [5.41, 5.74) is 0.872. The lowest BCUT2D eigenvalue weighted by atomic mass is 9.86. The quantitative estimate of drug-likeness (QED) is 0.664. The number of hydrogen-bond acceptors (Lipinski definition) is 5. The molecule has 1 aliphatic heterocycles. The molecule has 1 unspecified atom stereocenters. The monoisotopic (exact) mass is 448 g/mol. The minimum atomic E-state index is -4.03. The maximum Gasteiger partial charge on any atom is 0.334 e. The smallest absolute Gasteiger partial charge is 0.334 e. The molecular weight excluding hydrogens is 427 g/mol. The van der Waals surface area contributed by atoms with Gasteiger partial charge in [0.1, 0.15) is 0 Å². The van der Waals surface area contributed by atoms with Crippen LogP contribution in [0.4, 0.5) is 0 Å². The number of benzene rings is 1. The maximum atomic E-state index is 13.3. The van der Waals surface area contributed by atoms with Crippen LogP contribution in [-0.2, 0) is 19.6 Å². The molecule has 0 saturated carbocycles. The number of sulfonamides is 1. The average molecular weight is 449 g/mol. The third-order valence-electron chi connectivity index (χ3n) is 4.52. The van der Waals surface area contributed by atoms with E-state index in [9.17, 15) is 18.3 Å². The van der Waals surface area contributed by atoms with Crippen molar-refractivity contribution < 1.29 is 23.1 Å². The van der Waals surface area contributed by atoms with Gasteiger partial charge in [0.15, 0.2) is 0 Å². The molecule has 154 valence electrons. The number of nitrogens with zero attached hydrogens (tertiary/aromatic N) is 1. The maximum absolute atomic E-state index is 13.3. The molecule has 7 nitrogen and oxygen atoms in total. The number of aliphatic carboxylic acids is 1. The Labute approximate surface area is 174 Å². The first-order chi connectivity index (χ1) is 13.0. The largest absolute Gasteiger partial charge is 0.478 e. The molecule has 0 aromatic heterocycles. The van der Waals surface area contributed by atoms with Crippen LogP contribution in [0.1, 0.15) is 25.3 Å². The highest BCUT2D eigenvalue weighted by Gasteiger charge is 2.41. The third kappa shape index (κ3) is 4.21. The summed E-state index contributed by atoms with van der Waals surface area (Å²) >= 11 is 12.5. The second kappa shape index (κ2) is 8.84. The zero-order valence-corrected chi connectivity index (χ0v) is 18.2. The molecule has 0 spiro atoms. The zero-order valence-electron chi connectivity index (χ0n) is 15.9. The van der Waals surface area contributed by atoms with Crippen LogP contribution in [0, 0.1) is 0 Å². The van der Waals surface area contributed by atoms with Crippen LogP contribution in [-0.4, -0.2) is 51.1 Å². The predicted molar refractivity (Wildman–Crippen MR) is 109 cm³/mol. The summed E-state index contributed by atoms with van der Waals surface area (Å²) in [4.78, 5) is 12.0. The standard InChI is InChI=1S/C18H22Cl2N2O5S/c1-10-14(18(23)24)15(12-6-5-7-13(19)16(12)20)17(11(2)21-10)28(25,26)22(3)8-9-27-4/h5-7,15,21H,8-9H2,1-4H3,(H,23,24). The minimum absolute atomic E-state index is 0.0849. The molecule has 0 aliphatic carbocycles. The van der Waals surface area contributed by atoms with Crippen molar-refractivity contribution in [3.63, 3.8) is 0 Å². The highest BCUT2D eigenvalue weighted by molar-refractivity contribution is 7.93. The van der Waals surface area contributed by atoms with Gasteiger partial charge in [0.25, 0.3) is 0 Å². The van der Waals surface area contributed by atoms with E-state index in [2.05, 4.69) is 5.32 Å². The van der Waals surface area contributed by atoms with Crippen LogP contribution in [0.5, 0.6) is 0 Å². The number of hydrogen-bond donors (Lipinski definition) is 2. The van der Waals surface area contributed by atoms with E-state index in [1.165, 1.54) is 14.2 Å². The summed E-state index contributed by atoms with van der Waals surface area (Å²) in [7, 11) is -1.15. The fraction of sp³-hybridized carbons (Fsp3) is 0.389. The van der Waals surface area contributed by atoms with Crippen LogP contribution in [0.2, 0.25) is 10.0 Å². The molecule has 1 atom stereocenters. The average Bonchev–Trinajstić information content (AvgIpc) is 2.60. The fourth-order valence-electron chi connectivity index (χ4n) is 3.15. The number of carboxylic acid groups (broad SMARTS) is 1. The van der Waals surface area contributed by atoms with Gasteiger partial charge in [0.2, 0.25) is 10.0 Å². The molecule has 1 heterocycles. The van der Waals surface area contributed by atoms with Crippen LogP contribution < -0.4 is 5.32 Å². The summed E-state index contributed by atoms with van der Waals surface area (Å²) in [6.07, 6.45) is 0. The van der Waals surface area contributed by atoms with Gasteiger partial charge in [0, 0.05) is 32.1 Å². The van der Waals surface area contributed by atoms with Crippen molar-refractivity contribution in [2.75, 3.05) is 27.3 Å². The number of dihydropyridines is 1. The van der Waals surface area contributed by atoms with E-state index in [0.29, 0.717) is 17.0 Å². The van der Waals surface area contributed by atoms with Gasteiger partial charge in [-0.25, -0.2) is 13.2 Å². The van der Waals surface area contributed by atoms with E-state index < -0.39 is 21.9 Å². The van der Waals surface area contributed by atoms with Gasteiger partial charge >= 0.3 is 5.97 Å². The number of methoxy groups -OCH3 is 1. The molecule has 1 aliphatic rings. The van der Waals surface area contributed by atoms with Gasteiger partial charge in [-0.15, -0.1) is 0 Å². The lowest BCUT2D eigenvalue weighted by molar-refractivity contribution is -0.133. The van der Waals surface area contributed by atoms with E-state index in [4.69, 9.17) is 27.9 Å². The molecule has 0 saturated heterocycles. The summed E-state index contributed by atoms with van der Waals surface area (Å²) in [6, 6.07) is 4.74. The SMILES string of the molecule is COCCN(C)S(=O)(=O)C1=C(C)NC(C)=C(C(=O)O)C1c1cccc(Cl)c1Cl. The zero-order chi connectivity index (χ0) is 21.2. The normalized spacial score (nSPS) is 17.9. The number of allylic oxidation sites excluding steroid dienone is 3. The van der Waals surface area contributed by atoms with Crippen molar-refractivity contribution in [1.82, 2.24) is 9.62 Å². The van der Waals surface area contributed by atoms with E-state index >= 15 is 0 Å². The number of likely N-dealkylation sites (N-methyl/N-ethyl adjacent to an activating group) is 1. The number of carboxylic acids is 1. The Balaban J connectivity index is 2.76. The molecule has 0 radical (unpaired) electrons. The van der Waals surface area contributed by atoms with Crippen molar-refractivity contribution in [3.05, 3.63) is 55.7 Å². The first-order valence-electron chi connectivity index (χ1n) is 8.35. The number of rotatable bonds is 7. The Hall–Kier alpha value is -1.58. The second-order valence-electron chi connectivity index (χ2n) is 6.35. The van der Waals surface area contributed by atoms with Crippen molar-refractivity contribution in [2.45, 2.75) is 19.8 Å². The van der Waals surface area contributed by atoms with Crippen molar-refractivity contribution >= 4 is 39.2 Å². The van der Waals surface area contributed by atoms with E-state index in [0.717, 1.165) is 4.31 Å². The van der Waals surface area contributed by atoms with Gasteiger partial charge in [-0.1, -0.05) is 35.3 Å². The molecule has 0 fully saturated rings. The van der Waals surface area contributed by atoms with Gasteiger partial charge in [-0.3, -0.25) is 0 Å². The van der Waals surface area contributed by atoms with Crippen LogP contribution in [0.25, 0.3) is 0 Å². The van der Waals surface area contributed by atoms with Gasteiger partial charge in [-0.05, 0) is 25.5 Å². The van der Waals surface area contributed by atoms with Gasteiger partial charge in [-0.2, -0.15) is 4.31 Å². The highest BCUT2D eigenvalue weighted by atomic mass is 35.5. The first-order valence-corrected chi connectivity index (χ1v) is 10.5. The van der Waals surface area contributed by atoms with E-state index in [-0.39, 0.29) is 33.7 Å². The third-order valence-corrected chi connectivity index (χ3v) is 7.46. The Morgan fingerprint density at radius 3 is 2.50 bits per heavy atom. The molecule has 2 N–H and O–H groups in total. The number of carbonyl (C=O) groups is 1. The van der Waals surface area contributed by atoms with Crippen molar-refractivity contribution in [3.8, 4) is 0 Å². The molecule has 10 heteroatoms. The van der Waals surface area contributed by atoms with Crippen LogP contribution in [0.3, 0.4) is 0 Å². The van der Waals surface area contributed by atoms with Crippen LogP contribution >= 0.6 is 23.2 Å². The molecule has 1 aromatic carbocycles. The first kappa shape index (κ1) is 22.7. The topological polar surface area (TPSA) is 95.9 Å². The van der Waals surface area contributed by atoms with Crippen LogP contribution in [0.15, 0.2) is 40.1 Å². The summed E-state index contributed by atoms with van der Waals surface area (Å²) in [5.74, 6) is -2.36. The highest BCUT2D eigenvalue weighted by Crippen LogP contribution is 2.45. The molecular formula is C18H22Cl2N2O5S. The number of ether oxygens (including phenoxy) is 1. The molecule has 0 bridgehead atoms. The Morgan fingerprint density at radius 1 is 1.29 bits per heavy atom. The second-order valence-corrected chi connectivity index (χ2v) is 9.15. The summed E-state index contributed by atoms with van der Waals surface area (Å²) < 4.78 is 32.8. The molecule has 0 amide bonds. The predicted octanol–water partition coefficient (Wildman–Crippen LogP) is 3.18. The molecule has 1 aromatic rings. The molecule has 2 rings (SSSR count). The van der Waals surface area contributed by atoms with Crippen molar-refractivity contribution in [2.24, 2.45) is 0 Å². The van der Waals surface area contributed by atoms with Gasteiger partial charge in [0.05, 0.1) is 33.0 Å². The van der Waals surface area contributed by atoms with Gasteiger partial charge < -0.3 is 15.2 Å². The van der Waals surface area contributed by atoms with E-state index in [1.54, 1.807) is 32.0 Å². The number of halogens is 2. The lowest BCUT2D eigenvalue weighted by Gasteiger charge is -2.33. The Bertz CT molecular complexity index is 957. The lowest BCUT2D eigenvalue weighted by Crippen LogP contribution is -2.38. The fourth-order valence-corrected chi connectivity index (χ4v) is 5.20. The molecule has 28 heavy (non-hydrogen) atoms.